The Morgan fingerprint density at radius 2 is 1.81 bits per heavy atom. The molecule has 0 spiro atoms. The van der Waals surface area contributed by atoms with E-state index in [1.165, 1.54) is 23.4 Å². The highest BCUT2D eigenvalue weighted by Gasteiger charge is 2.21. The van der Waals surface area contributed by atoms with E-state index in [2.05, 4.69) is 4.72 Å². The topological polar surface area (TPSA) is 68.2 Å². The molecule has 0 amide bonds. The minimum absolute atomic E-state index is 0.00421. The van der Waals surface area contributed by atoms with Gasteiger partial charge in [0, 0.05) is 22.3 Å². The van der Waals surface area contributed by atoms with E-state index in [1.54, 1.807) is 6.07 Å². The SMILES string of the molecule is O=CCn1c2c(c3cc(NS(=O)(=O)c4ccc(F)cc4)ccc31)CCCC2. The molecule has 0 saturated heterocycles. The van der Waals surface area contributed by atoms with Crippen molar-refractivity contribution >= 4 is 32.9 Å². The largest absolute Gasteiger partial charge is 0.337 e. The smallest absolute Gasteiger partial charge is 0.261 e. The highest BCUT2D eigenvalue weighted by molar-refractivity contribution is 7.92. The van der Waals surface area contributed by atoms with Crippen LogP contribution in [-0.4, -0.2) is 19.3 Å². The van der Waals surface area contributed by atoms with Crippen LogP contribution in [0.1, 0.15) is 24.1 Å². The molecule has 1 aliphatic carbocycles. The summed E-state index contributed by atoms with van der Waals surface area (Å²) >= 11 is 0. The van der Waals surface area contributed by atoms with E-state index in [1.807, 2.05) is 16.7 Å². The lowest BCUT2D eigenvalue weighted by atomic mass is 9.95. The second-order valence-electron chi connectivity index (χ2n) is 6.70. The molecule has 1 heterocycles. The van der Waals surface area contributed by atoms with E-state index in [9.17, 15) is 17.6 Å². The zero-order chi connectivity index (χ0) is 19.0. The lowest BCUT2D eigenvalue weighted by molar-refractivity contribution is -0.108. The first kappa shape index (κ1) is 17.7. The standard InChI is InChI=1S/C20H19FN2O3S/c21-14-5-8-16(9-6-14)27(25,26)22-15-7-10-20-18(13-15)17-3-1-2-4-19(17)23(20)11-12-24/h5-10,12-13,22H,1-4,11H2. The number of aromatic nitrogens is 1. The van der Waals surface area contributed by atoms with Gasteiger partial charge in [0.2, 0.25) is 0 Å². The zero-order valence-corrected chi connectivity index (χ0v) is 15.4. The normalized spacial score (nSPS) is 14.1. The Bertz CT molecular complexity index is 1120. The number of sulfonamides is 1. The molecule has 0 aliphatic heterocycles. The van der Waals surface area contributed by atoms with Gasteiger partial charge in [0.25, 0.3) is 10.0 Å². The summed E-state index contributed by atoms with van der Waals surface area (Å²) in [7, 11) is -3.80. The predicted molar refractivity (Wildman–Crippen MR) is 102 cm³/mol. The summed E-state index contributed by atoms with van der Waals surface area (Å²) in [6.45, 7) is 0.298. The van der Waals surface area contributed by atoms with Crippen LogP contribution in [0.3, 0.4) is 0 Å². The van der Waals surface area contributed by atoms with Crippen LogP contribution in [0.2, 0.25) is 0 Å². The molecule has 1 N–H and O–H groups in total. The molecule has 0 atom stereocenters. The van der Waals surface area contributed by atoms with E-state index in [0.29, 0.717) is 12.2 Å². The van der Waals surface area contributed by atoms with Crippen molar-refractivity contribution in [1.29, 1.82) is 0 Å². The minimum atomic E-state index is -3.80. The van der Waals surface area contributed by atoms with Gasteiger partial charge in [-0.1, -0.05) is 0 Å². The summed E-state index contributed by atoms with van der Waals surface area (Å²) in [6.07, 6.45) is 4.91. The summed E-state index contributed by atoms with van der Waals surface area (Å²) in [6, 6.07) is 10.1. The molecule has 27 heavy (non-hydrogen) atoms. The van der Waals surface area contributed by atoms with Crippen LogP contribution in [0.15, 0.2) is 47.4 Å². The highest BCUT2D eigenvalue weighted by Crippen LogP contribution is 2.34. The first-order valence-electron chi connectivity index (χ1n) is 8.85. The van der Waals surface area contributed by atoms with Gasteiger partial charge < -0.3 is 9.36 Å². The monoisotopic (exact) mass is 386 g/mol. The lowest BCUT2D eigenvalue weighted by Gasteiger charge is -2.14. The van der Waals surface area contributed by atoms with Gasteiger partial charge in [-0.15, -0.1) is 0 Å². The molecule has 5 nitrogen and oxygen atoms in total. The molecule has 1 aromatic heterocycles. The van der Waals surface area contributed by atoms with Crippen molar-refractivity contribution in [3.8, 4) is 0 Å². The average molecular weight is 386 g/mol. The third kappa shape index (κ3) is 3.23. The van der Waals surface area contributed by atoms with Crippen LogP contribution in [0, 0.1) is 5.82 Å². The fourth-order valence-corrected chi connectivity index (χ4v) is 4.86. The molecule has 0 radical (unpaired) electrons. The number of nitrogens with one attached hydrogen (secondary N) is 1. The molecule has 7 heteroatoms. The summed E-state index contributed by atoms with van der Waals surface area (Å²) < 4.78 is 42.8. The van der Waals surface area contributed by atoms with Crippen LogP contribution in [0.4, 0.5) is 10.1 Å². The quantitative estimate of drug-likeness (QED) is 0.681. The maximum atomic E-state index is 13.1. The van der Waals surface area contributed by atoms with Crippen molar-refractivity contribution in [3.63, 3.8) is 0 Å². The summed E-state index contributed by atoms with van der Waals surface area (Å²) in [5, 5.41) is 0.978. The number of hydrogen-bond acceptors (Lipinski definition) is 3. The Balaban J connectivity index is 1.75. The molecule has 3 aromatic rings. The number of carbonyl (C=O) groups is 1. The Morgan fingerprint density at radius 3 is 2.56 bits per heavy atom. The number of aldehydes is 1. The number of fused-ring (bicyclic) bond motifs is 3. The third-order valence-electron chi connectivity index (χ3n) is 5.01. The fourth-order valence-electron chi connectivity index (χ4n) is 3.81. The lowest BCUT2D eigenvalue weighted by Crippen LogP contribution is -2.12. The first-order chi connectivity index (χ1) is 13.0. The van der Waals surface area contributed by atoms with Crippen LogP contribution in [0.5, 0.6) is 0 Å². The minimum Gasteiger partial charge on any atom is -0.337 e. The molecule has 2 aromatic carbocycles. The molecular formula is C20H19FN2O3S. The van der Waals surface area contributed by atoms with Crippen LogP contribution in [0.25, 0.3) is 10.9 Å². The molecule has 0 bridgehead atoms. The molecule has 0 unspecified atom stereocenters. The summed E-state index contributed by atoms with van der Waals surface area (Å²) in [5.74, 6) is -0.487. The average Bonchev–Trinajstić information content (AvgIpc) is 2.96. The van der Waals surface area contributed by atoms with Gasteiger partial charge in [-0.25, -0.2) is 12.8 Å². The van der Waals surface area contributed by atoms with E-state index >= 15 is 0 Å². The number of anilines is 1. The first-order valence-corrected chi connectivity index (χ1v) is 10.3. The zero-order valence-electron chi connectivity index (χ0n) is 14.6. The second kappa shape index (κ2) is 6.81. The van der Waals surface area contributed by atoms with Crippen LogP contribution >= 0.6 is 0 Å². The van der Waals surface area contributed by atoms with E-state index in [0.717, 1.165) is 55.0 Å². The summed E-state index contributed by atoms with van der Waals surface area (Å²) in [4.78, 5) is 11.1. The fraction of sp³-hybridized carbons (Fsp3) is 0.250. The number of carbonyl (C=O) groups excluding carboxylic acids is 1. The van der Waals surface area contributed by atoms with Gasteiger partial charge in [0.1, 0.15) is 12.1 Å². The van der Waals surface area contributed by atoms with E-state index < -0.39 is 15.8 Å². The van der Waals surface area contributed by atoms with E-state index in [-0.39, 0.29) is 4.90 Å². The van der Waals surface area contributed by atoms with Crippen molar-refractivity contribution in [2.45, 2.75) is 37.1 Å². The number of halogens is 1. The van der Waals surface area contributed by atoms with Crippen molar-refractivity contribution in [2.75, 3.05) is 4.72 Å². The van der Waals surface area contributed by atoms with Crippen molar-refractivity contribution in [2.24, 2.45) is 0 Å². The number of hydrogen-bond donors (Lipinski definition) is 1. The van der Waals surface area contributed by atoms with Crippen LogP contribution < -0.4 is 4.72 Å². The van der Waals surface area contributed by atoms with Crippen molar-refractivity contribution < 1.29 is 17.6 Å². The molecule has 140 valence electrons. The second-order valence-corrected chi connectivity index (χ2v) is 8.38. The van der Waals surface area contributed by atoms with Gasteiger partial charge in [-0.3, -0.25) is 4.72 Å². The maximum Gasteiger partial charge on any atom is 0.261 e. The Labute approximate surface area is 156 Å². The number of nitrogens with zero attached hydrogens (tertiary/aromatic N) is 1. The van der Waals surface area contributed by atoms with Gasteiger partial charge in [-0.05, 0) is 73.7 Å². The molecule has 0 saturated carbocycles. The van der Waals surface area contributed by atoms with Crippen molar-refractivity contribution in [1.82, 2.24) is 4.57 Å². The Kier molecular flexibility index (Phi) is 4.47. The number of aryl methyl sites for hydroxylation is 1. The van der Waals surface area contributed by atoms with Crippen LogP contribution in [-0.2, 0) is 34.2 Å². The third-order valence-corrected chi connectivity index (χ3v) is 6.41. The molecular weight excluding hydrogens is 367 g/mol. The summed E-state index contributed by atoms with van der Waals surface area (Å²) in [5.41, 5.74) is 3.75. The van der Waals surface area contributed by atoms with Gasteiger partial charge in [0.05, 0.1) is 11.4 Å². The Morgan fingerprint density at radius 1 is 1.07 bits per heavy atom. The number of benzene rings is 2. The molecule has 0 fully saturated rings. The predicted octanol–water partition coefficient (Wildman–Crippen LogP) is 3.66. The maximum absolute atomic E-state index is 13.1. The van der Waals surface area contributed by atoms with Crippen molar-refractivity contribution in [3.05, 3.63) is 59.5 Å². The molecule has 1 aliphatic rings. The Hall–Kier alpha value is -2.67. The molecule has 4 rings (SSSR count). The number of rotatable bonds is 5. The van der Waals surface area contributed by atoms with Gasteiger partial charge in [-0.2, -0.15) is 0 Å². The van der Waals surface area contributed by atoms with E-state index in [4.69, 9.17) is 0 Å². The highest BCUT2D eigenvalue weighted by atomic mass is 32.2. The van der Waals surface area contributed by atoms with Gasteiger partial charge in [0.15, 0.2) is 0 Å². The van der Waals surface area contributed by atoms with Gasteiger partial charge >= 0.3 is 0 Å².